The highest BCUT2D eigenvalue weighted by Crippen LogP contribution is 2.17. The summed E-state index contributed by atoms with van der Waals surface area (Å²) in [5.74, 6) is -2.01. The number of carbonyl (C=O) groups is 3. The standard InChI is InChI=1S/C64H115NO8/c1-6-8-10-12-14-16-18-20-22-24-26-28-29-30-31-32-33-35-36-38-40-42-44-46-48-50-52-54-61(66)71-58-60(59-72-64(63(68)69)70-57-56-65(3,4)5)73-62(67)55-53-51-49-47-45-43-41-39-37-34-27-25-23-21-19-17-15-13-11-9-7-2/h9,11,15,17,21,23-24,26-27,34,60,64H,6-8,10,12-14,16,18-20,22,25,28-33,35-59H2,1-5H3/p+1/b11-9-,17-15-,23-21-,26-24-,34-27-. The second kappa shape index (κ2) is 55.2. The van der Waals surface area contributed by atoms with Crippen molar-refractivity contribution in [3.63, 3.8) is 0 Å². The van der Waals surface area contributed by atoms with Crippen LogP contribution in [0.25, 0.3) is 0 Å². The Hall–Kier alpha value is -3.01. The van der Waals surface area contributed by atoms with Crippen molar-refractivity contribution < 1.29 is 42.9 Å². The summed E-state index contributed by atoms with van der Waals surface area (Å²) in [4.78, 5) is 37.5. The van der Waals surface area contributed by atoms with Crippen molar-refractivity contribution >= 4 is 17.9 Å². The fourth-order valence-electron chi connectivity index (χ4n) is 8.59. The molecule has 9 heteroatoms. The van der Waals surface area contributed by atoms with E-state index in [-0.39, 0.29) is 32.2 Å². The van der Waals surface area contributed by atoms with Gasteiger partial charge in [0.15, 0.2) is 6.10 Å². The Labute approximate surface area is 450 Å². The molecule has 73 heavy (non-hydrogen) atoms. The maximum absolute atomic E-state index is 12.9. The maximum atomic E-state index is 12.9. The summed E-state index contributed by atoms with van der Waals surface area (Å²) in [6, 6.07) is 0. The van der Waals surface area contributed by atoms with Crippen LogP contribution in [0.15, 0.2) is 60.8 Å². The molecule has 0 bridgehead atoms. The van der Waals surface area contributed by atoms with Gasteiger partial charge in [-0.1, -0.05) is 242 Å². The number of carbonyl (C=O) groups excluding carboxylic acids is 2. The van der Waals surface area contributed by atoms with Gasteiger partial charge in [0, 0.05) is 12.8 Å². The summed E-state index contributed by atoms with van der Waals surface area (Å²) in [7, 11) is 5.97. The van der Waals surface area contributed by atoms with Crippen molar-refractivity contribution in [2.24, 2.45) is 0 Å². The molecule has 0 aliphatic heterocycles. The van der Waals surface area contributed by atoms with Gasteiger partial charge in [-0.3, -0.25) is 9.59 Å². The third-order valence-electron chi connectivity index (χ3n) is 13.3. The van der Waals surface area contributed by atoms with Crippen LogP contribution in [0.2, 0.25) is 0 Å². The Morgan fingerprint density at radius 2 is 0.781 bits per heavy atom. The molecule has 0 aromatic carbocycles. The quantitative estimate of drug-likeness (QED) is 0.0211. The van der Waals surface area contributed by atoms with Crippen LogP contribution in [0.4, 0.5) is 0 Å². The van der Waals surface area contributed by atoms with Gasteiger partial charge in [-0.05, 0) is 77.0 Å². The number of aliphatic carboxylic acids is 1. The van der Waals surface area contributed by atoms with Gasteiger partial charge in [-0.15, -0.1) is 0 Å². The van der Waals surface area contributed by atoms with Crippen LogP contribution in [0.3, 0.4) is 0 Å². The first kappa shape index (κ1) is 70.0. The van der Waals surface area contributed by atoms with Crippen LogP contribution in [0.5, 0.6) is 0 Å². The summed E-state index contributed by atoms with van der Waals surface area (Å²) >= 11 is 0. The van der Waals surface area contributed by atoms with Gasteiger partial charge in [0.05, 0.1) is 34.4 Å². The number of hydrogen-bond acceptors (Lipinski definition) is 7. The summed E-state index contributed by atoms with van der Waals surface area (Å²) in [5.41, 5.74) is 0. The van der Waals surface area contributed by atoms with Crippen molar-refractivity contribution in [3.8, 4) is 0 Å². The molecule has 0 rings (SSSR count). The minimum absolute atomic E-state index is 0.185. The molecule has 0 spiro atoms. The molecule has 0 aliphatic carbocycles. The molecule has 1 N–H and O–H groups in total. The Kier molecular flexibility index (Phi) is 53.0. The van der Waals surface area contributed by atoms with E-state index in [0.29, 0.717) is 23.9 Å². The number of unbranched alkanes of at least 4 members (excludes halogenated alkanes) is 31. The lowest BCUT2D eigenvalue weighted by Crippen LogP contribution is -2.40. The van der Waals surface area contributed by atoms with Crippen molar-refractivity contribution in [2.45, 2.75) is 283 Å². The highest BCUT2D eigenvalue weighted by Gasteiger charge is 2.25. The predicted molar refractivity (Wildman–Crippen MR) is 309 cm³/mol. The number of nitrogens with zero attached hydrogens (tertiary/aromatic N) is 1. The van der Waals surface area contributed by atoms with E-state index in [2.05, 4.69) is 74.6 Å². The molecule has 2 unspecified atom stereocenters. The van der Waals surface area contributed by atoms with Gasteiger partial charge in [0.25, 0.3) is 6.29 Å². The first-order valence-electron chi connectivity index (χ1n) is 30.5. The minimum atomic E-state index is -1.51. The molecule has 0 saturated carbocycles. The highest BCUT2D eigenvalue weighted by molar-refractivity contribution is 5.71. The van der Waals surface area contributed by atoms with Crippen LogP contribution in [-0.4, -0.2) is 87.4 Å². The lowest BCUT2D eigenvalue weighted by Gasteiger charge is -2.25. The summed E-state index contributed by atoms with van der Waals surface area (Å²) in [5, 5.41) is 9.71. The third-order valence-corrected chi connectivity index (χ3v) is 13.3. The van der Waals surface area contributed by atoms with Crippen LogP contribution < -0.4 is 0 Å². The lowest BCUT2D eigenvalue weighted by atomic mass is 10.0. The fourth-order valence-corrected chi connectivity index (χ4v) is 8.59. The second-order valence-corrected chi connectivity index (χ2v) is 21.6. The number of likely N-dealkylation sites (N-methyl/N-ethyl adjacent to an activating group) is 1. The zero-order chi connectivity index (χ0) is 53.4. The molecule has 0 aliphatic rings. The molecule has 9 nitrogen and oxygen atoms in total. The first-order valence-corrected chi connectivity index (χ1v) is 30.5. The monoisotopic (exact) mass is 1030 g/mol. The third kappa shape index (κ3) is 56.6. The average Bonchev–Trinajstić information content (AvgIpc) is 3.36. The summed E-state index contributed by atoms with van der Waals surface area (Å²) < 4.78 is 22.9. The molecule has 0 aromatic heterocycles. The molecule has 0 aromatic rings. The highest BCUT2D eigenvalue weighted by atomic mass is 16.7. The van der Waals surface area contributed by atoms with E-state index in [1.54, 1.807) is 0 Å². The molecular formula is C64H116NO8+. The van der Waals surface area contributed by atoms with E-state index >= 15 is 0 Å². The lowest BCUT2D eigenvalue weighted by molar-refractivity contribution is -0.870. The number of quaternary nitrogens is 1. The van der Waals surface area contributed by atoms with Crippen molar-refractivity contribution in [1.29, 1.82) is 0 Å². The minimum Gasteiger partial charge on any atom is -0.477 e. The molecule has 0 fully saturated rings. The maximum Gasteiger partial charge on any atom is 0.361 e. The molecule has 2 atom stereocenters. The topological polar surface area (TPSA) is 108 Å². The van der Waals surface area contributed by atoms with E-state index in [9.17, 15) is 19.5 Å². The number of allylic oxidation sites excluding steroid dienone is 10. The van der Waals surface area contributed by atoms with Gasteiger partial charge >= 0.3 is 17.9 Å². The number of carboxylic acids is 1. The zero-order valence-corrected chi connectivity index (χ0v) is 48.3. The predicted octanol–water partition coefficient (Wildman–Crippen LogP) is 18.0. The Morgan fingerprint density at radius 1 is 0.425 bits per heavy atom. The number of rotatable bonds is 56. The molecule has 0 amide bonds. The smallest absolute Gasteiger partial charge is 0.361 e. The van der Waals surface area contributed by atoms with Crippen molar-refractivity contribution in [1.82, 2.24) is 0 Å². The number of hydrogen-bond donors (Lipinski definition) is 1. The van der Waals surface area contributed by atoms with Crippen LogP contribution in [0, 0.1) is 0 Å². The first-order chi connectivity index (χ1) is 35.6. The van der Waals surface area contributed by atoms with Gasteiger partial charge in [0.2, 0.25) is 0 Å². The average molecular weight is 1030 g/mol. The molecule has 0 heterocycles. The normalized spacial score (nSPS) is 13.2. The van der Waals surface area contributed by atoms with Gasteiger partial charge in [-0.2, -0.15) is 0 Å². The molecular weight excluding hydrogens is 911 g/mol. The SMILES string of the molecule is CC/C=C\C/C=C\C/C=C\C/C=C\CCCCCCCCCCC(=O)OC(COC(=O)CCCCCCCCCCCCCCCCC/C=C\CCCCCCCCCC)COC(OCC[N+](C)(C)C)C(=O)O. The van der Waals surface area contributed by atoms with Gasteiger partial charge < -0.3 is 28.5 Å². The number of esters is 2. The number of ether oxygens (including phenoxy) is 4. The number of carboxylic acid groups (broad SMARTS) is 1. The van der Waals surface area contributed by atoms with E-state index in [4.69, 9.17) is 18.9 Å². The Bertz CT molecular complexity index is 1380. The van der Waals surface area contributed by atoms with Gasteiger partial charge in [0.1, 0.15) is 13.2 Å². The second-order valence-electron chi connectivity index (χ2n) is 21.6. The Balaban J connectivity index is 4.19. The fraction of sp³-hybridized carbons (Fsp3) is 0.797. The van der Waals surface area contributed by atoms with Crippen molar-refractivity contribution in [3.05, 3.63) is 60.8 Å². The Morgan fingerprint density at radius 3 is 1.18 bits per heavy atom. The zero-order valence-electron chi connectivity index (χ0n) is 48.3. The van der Waals surface area contributed by atoms with Crippen molar-refractivity contribution in [2.75, 3.05) is 47.5 Å². The van der Waals surface area contributed by atoms with E-state index in [1.807, 2.05) is 21.1 Å². The molecule has 0 saturated heterocycles. The van der Waals surface area contributed by atoms with Gasteiger partial charge in [-0.25, -0.2) is 4.79 Å². The molecule has 0 radical (unpaired) electrons. The summed E-state index contributed by atoms with van der Waals surface area (Å²) in [6.45, 7) is 4.78. The van der Waals surface area contributed by atoms with Crippen LogP contribution >= 0.6 is 0 Å². The summed E-state index contributed by atoms with van der Waals surface area (Å²) in [6.07, 6.45) is 67.3. The van der Waals surface area contributed by atoms with E-state index in [0.717, 1.165) is 70.6 Å². The van der Waals surface area contributed by atoms with Crippen LogP contribution in [0.1, 0.15) is 271 Å². The van der Waals surface area contributed by atoms with E-state index < -0.39 is 24.3 Å². The van der Waals surface area contributed by atoms with E-state index in [1.165, 1.54) is 167 Å². The molecule has 424 valence electrons. The van der Waals surface area contributed by atoms with Crippen LogP contribution in [-0.2, 0) is 33.3 Å². The largest absolute Gasteiger partial charge is 0.477 e.